The zero-order valence-corrected chi connectivity index (χ0v) is 5.38. The van der Waals surface area contributed by atoms with Crippen LogP contribution in [0.3, 0.4) is 0 Å². The molecule has 0 aliphatic heterocycles. The van der Waals surface area contributed by atoms with E-state index in [0.29, 0.717) is 18.6 Å². The number of hydrogen-bond donors (Lipinski definition) is 3. The molecule has 0 radical (unpaired) electrons. The minimum Gasteiger partial charge on any atom is -0.396 e. The van der Waals surface area contributed by atoms with Crippen molar-refractivity contribution in [1.82, 2.24) is 5.32 Å². The van der Waals surface area contributed by atoms with E-state index in [-0.39, 0.29) is 6.73 Å². The second-order valence-electron chi connectivity index (χ2n) is 2.58. The van der Waals surface area contributed by atoms with Gasteiger partial charge in [0.25, 0.3) is 0 Å². The molecule has 0 atom stereocenters. The Balaban J connectivity index is 1.98. The molecule has 3 N–H and O–H groups in total. The molecule has 0 bridgehead atoms. The van der Waals surface area contributed by atoms with Crippen LogP contribution in [0.5, 0.6) is 0 Å². The Morgan fingerprint density at radius 3 is 2.44 bits per heavy atom. The molecule has 0 saturated heterocycles. The van der Waals surface area contributed by atoms with Crippen LogP contribution in [0, 0.1) is 5.92 Å². The van der Waals surface area contributed by atoms with Crippen molar-refractivity contribution in [3.8, 4) is 0 Å². The number of hydrogen-bond acceptors (Lipinski definition) is 3. The highest BCUT2D eigenvalue weighted by molar-refractivity contribution is 4.83. The van der Waals surface area contributed by atoms with E-state index < -0.39 is 0 Å². The van der Waals surface area contributed by atoms with Gasteiger partial charge in [-0.2, -0.15) is 0 Å². The van der Waals surface area contributed by atoms with Crippen LogP contribution in [0.4, 0.5) is 0 Å². The average Bonchev–Trinajstić information content (AvgIpc) is 1.77. The van der Waals surface area contributed by atoms with Gasteiger partial charge in [-0.05, 0) is 18.8 Å². The number of aliphatic hydroxyl groups is 2. The van der Waals surface area contributed by atoms with E-state index in [9.17, 15) is 0 Å². The molecule has 1 rings (SSSR count). The molecule has 3 heteroatoms. The van der Waals surface area contributed by atoms with Crippen LogP contribution in [0.1, 0.15) is 12.8 Å². The Kier molecular flexibility index (Phi) is 2.45. The van der Waals surface area contributed by atoms with Crippen LogP contribution >= 0.6 is 0 Å². The van der Waals surface area contributed by atoms with E-state index in [1.165, 1.54) is 0 Å². The third kappa shape index (κ3) is 1.64. The summed E-state index contributed by atoms with van der Waals surface area (Å²) in [4.78, 5) is 0. The van der Waals surface area contributed by atoms with E-state index in [1.807, 2.05) is 0 Å². The second-order valence-corrected chi connectivity index (χ2v) is 2.58. The second kappa shape index (κ2) is 3.15. The van der Waals surface area contributed by atoms with Crippen molar-refractivity contribution in [3.05, 3.63) is 0 Å². The van der Waals surface area contributed by atoms with E-state index in [1.54, 1.807) is 0 Å². The van der Waals surface area contributed by atoms with Gasteiger partial charge in [-0.15, -0.1) is 0 Å². The van der Waals surface area contributed by atoms with Crippen molar-refractivity contribution in [1.29, 1.82) is 0 Å². The molecule has 0 aromatic rings. The van der Waals surface area contributed by atoms with E-state index in [2.05, 4.69) is 5.32 Å². The smallest absolute Gasteiger partial charge is 0.0933 e. The highest BCUT2D eigenvalue weighted by Gasteiger charge is 2.27. The van der Waals surface area contributed by atoms with Crippen LogP contribution in [0.25, 0.3) is 0 Å². The summed E-state index contributed by atoms with van der Waals surface area (Å²) in [6, 6.07) is 0.451. The Labute approximate surface area is 54.7 Å². The molecule has 1 fully saturated rings. The molecule has 0 amide bonds. The van der Waals surface area contributed by atoms with Gasteiger partial charge in [0, 0.05) is 12.6 Å². The maximum Gasteiger partial charge on any atom is 0.0933 e. The van der Waals surface area contributed by atoms with Gasteiger partial charge >= 0.3 is 0 Å². The van der Waals surface area contributed by atoms with Crippen molar-refractivity contribution < 1.29 is 10.2 Å². The molecule has 3 nitrogen and oxygen atoms in total. The first-order valence-corrected chi connectivity index (χ1v) is 3.32. The van der Waals surface area contributed by atoms with Gasteiger partial charge in [0.2, 0.25) is 0 Å². The minimum absolute atomic E-state index is 0.0583. The Morgan fingerprint density at radius 1 is 1.33 bits per heavy atom. The first kappa shape index (κ1) is 6.99. The maximum absolute atomic E-state index is 8.58. The quantitative estimate of drug-likeness (QED) is 0.444. The summed E-state index contributed by atoms with van der Waals surface area (Å²) in [5.74, 6) is 0.481. The number of rotatable bonds is 3. The third-order valence-electron chi connectivity index (χ3n) is 1.87. The summed E-state index contributed by atoms with van der Waals surface area (Å²) < 4.78 is 0. The van der Waals surface area contributed by atoms with Gasteiger partial charge in [0.1, 0.15) is 0 Å². The lowest BCUT2D eigenvalue weighted by atomic mass is 9.81. The van der Waals surface area contributed by atoms with E-state index in [0.717, 1.165) is 12.8 Å². The summed E-state index contributed by atoms with van der Waals surface area (Å²) in [6.45, 7) is 0.354. The Morgan fingerprint density at radius 2 is 2.00 bits per heavy atom. The van der Waals surface area contributed by atoms with Crippen LogP contribution in [0.15, 0.2) is 0 Å². The van der Waals surface area contributed by atoms with Crippen molar-refractivity contribution >= 4 is 0 Å². The van der Waals surface area contributed by atoms with Gasteiger partial charge in [-0.25, -0.2) is 0 Å². The SMILES string of the molecule is OCN[C@H]1C[C@@H](CO)C1. The van der Waals surface area contributed by atoms with Crippen molar-refractivity contribution in [2.45, 2.75) is 18.9 Å². The van der Waals surface area contributed by atoms with Crippen LogP contribution in [0.2, 0.25) is 0 Å². The molecular formula is C6H13NO2. The van der Waals surface area contributed by atoms with Gasteiger partial charge in [0.05, 0.1) is 6.73 Å². The van der Waals surface area contributed by atoms with Gasteiger partial charge in [-0.3, -0.25) is 5.32 Å². The number of aliphatic hydroxyl groups excluding tert-OH is 2. The first-order chi connectivity index (χ1) is 4.36. The van der Waals surface area contributed by atoms with Crippen LogP contribution < -0.4 is 5.32 Å². The molecule has 0 heterocycles. The minimum atomic E-state index is 0.0583. The van der Waals surface area contributed by atoms with Crippen molar-refractivity contribution in [3.63, 3.8) is 0 Å². The zero-order chi connectivity index (χ0) is 6.69. The van der Waals surface area contributed by atoms with E-state index in [4.69, 9.17) is 10.2 Å². The molecule has 1 aliphatic rings. The highest BCUT2D eigenvalue weighted by Crippen LogP contribution is 2.25. The third-order valence-corrected chi connectivity index (χ3v) is 1.87. The predicted molar refractivity (Wildman–Crippen MR) is 33.8 cm³/mol. The lowest BCUT2D eigenvalue weighted by Gasteiger charge is -2.34. The summed E-state index contributed by atoms with van der Waals surface area (Å²) in [5, 5.41) is 19.9. The molecule has 0 spiro atoms. The maximum atomic E-state index is 8.58. The monoisotopic (exact) mass is 131 g/mol. The fraction of sp³-hybridized carbons (Fsp3) is 1.00. The first-order valence-electron chi connectivity index (χ1n) is 3.32. The molecule has 9 heavy (non-hydrogen) atoms. The standard InChI is InChI=1S/C6H13NO2/c8-3-5-1-6(2-5)7-4-9/h5-9H,1-4H2/t5-,6+. The van der Waals surface area contributed by atoms with Crippen LogP contribution in [-0.4, -0.2) is 29.6 Å². The van der Waals surface area contributed by atoms with Crippen molar-refractivity contribution in [2.75, 3.05) is 13.3 Å². The largest absolute Gasteiger partial charge is 0.396 e. The fourth-order valence-electron chi connectivity index (χ4n) is 1.18. The molecular weight excluding hydrogens is 118 g/mol. The van der Waals surface area contributed by atoms with Gasteiger partial charge in [-0.1, -0.05) is 0 Å². The highest BCUT2D eigenvalue weighted by atomic mass is 16.3. The zero-order valence-electron chi connectivity index (χ0n) is 5.38. The summed E-state index contributed by atoms with van der Waals surface area (Å²) in [5.41, 5.74) is 0. The fourth-order valence-corrected chi connectivity index (χ4v) is 1.18. The van der Waals surface area contributed by atoms with E-state index >= 15 is 0 Å². The van der Waals surface area contributed by atoms with Gasteiger partial charge < -0.3 is 10.2 Å². The average molecular weight is 131 g/mol. The molecule has 1 saturated carbocycles. The topological polar surface area (TPSA) is 52.5 Å². The summed E-state index contributed by atoms with van der Waals surface area (Å²) in [6.07, 6.45) is 2.02. The summed E-state index contributed by atoms with van der Waals surface area (Å²) >= 11 is 0. The molecule has 0 aromatic carbocycles. The molecule has 0 unspecified atom stereocenters. The van der Waals surface area contributed by atoms with Gasteiger partial charge in [0.15, 0.2) is 0 Å². The summed E-state index contributed by atoms with van der Waals surface area (Å²) in [7, 11) is 0. The van der Waals surface area contributed by atoms with Crippen molar-refractivity contribution in [2.24, 2.45) is 5.92 Å². The molecule has 0 aromatic heterocycles. The normalized spacial score (nSPS) is 34.0. The predicted octanol–water partition coefficient (Wildman–Crippen LogP) is -0.703. The number of nitrogens with one attached hydrogen (secondary N) is 1. The molecule has 1 aliphatic carbocycles. The lowest BCUT2D eigenvalue weighted by Crippen LogP contribution is -2.42. The molecule has 54 valence electrons. The Hall–Kier alpha value is -0.120. The van der Waals surface area contributed by atoms with Crippen LogP contribution in [-0.2, 0) is 0 Å². The lowest BCUT2D eigenvalue weighted by molar-refractivity contribution is 0.107. The Bertz CT molecular complexity index is 81.1.